The van der Waals surface area contributed by atoms with Gasteiger partial charge in [0.05, 0.1) is 25.6 Å². The van der Waals surface area contributed by atoms with E-state index in [2.05, 4.69) is 22.4 Å². The Balaban J connectivity index is 1.64. The fourth-order valence-electron chi connectivity index (χ4n) is 2.44. The predicted molar refractivity (Wildman–Crippen MR) is 112 cm³/mol. The van der Waals surface area contributed by atoms with Crippen LogP contribution >= 0.6 is 11.3 Å². The van der Waals surface area contributed by atoms with E-state index in [1.165, 1.54) is 11.3 Å². The van der Waals surface area contributed by atoms with Crippen LogP contribution in [-0.2, 0) is 0 Å². The molecular formula is C21H23N3O2S. The average Bonchev–Trinajstić information content (AvgIpc) is 3.18. The summed E-state index contributed by atoms with van der Waals surface area (Å²) in [4.78, 5) is 4.56. The standard InChI is InChI=1S/C21H23N3O2S/c1-3-4-12-26-20-13-16(10-11-19(20)25-2)14-22-24-21-23-18(15-27-21)17-8-6-5-7-9-17/h5-11,13-15H,3-4,12H2,1-2H3,(H,23,24). The molecule has 5 nitrogen and oxygen atoms in total. The number of unbranched alkanes of at least 4 members (excludes halogenated alkanes) is 1. The first-order valence-corrected chi connectivity index (χ1v) is 9.79. The zero-order valence-electron chi connectivity index (χ0n) is 15.5. The second kappa shape index (κ2) is 9.73. The summed E-state index contributed by atoms with van der Waals surface area (Å²) >= 11 is 1.52. The first-order valence-electron chi connectivity index (χ1n) is 8.91. The molecule has 0 saturated heterocycles. The lowest BCUT2D eigenvalue weighted by atomic mass is 10.2. The van der Waals surface area contributed by atoms with Gasteiger partial charge in [-0.05, 0) is 30.2 Å². The highest BCUT2D eigenvalue weighted by Gasteiger charge is 2.05. The van der Waals surface area contributed by atoms with Crippen LogP contribution in [0.5, 0.6) is 11.5 Å². The zero-order valence-corrected chi connectivity index (χ0v) is 16.3. The van der Waals surface area contributed by atoms with Crippen molar-refractivity contribution < 1.29 is 9.47 Å². The molecule has 0 fully saturated rings. The molecule has 0 spiro atoms. The van der Waals surface area contributed by atoms with Crippen molar-refractivity contribution in [3.8, 4) is 22.8 Å². The molecule has 1 heterocycles. The van der Waals surface area contributed by atoms with E-state index in [9.17, 15) is 0 Å². The molecule has 0 bridgehead atoms. The van der Waals surface area contributed by atoms with Crippen LogP contribution in [0.4, 0.5) is 5.13 Å². The highest BCUT2D eigenvalue weighted by atomic mass is 32.1. The van der Waals surface area contributed by atoms with E-state index in [1.807, 2.05) is 53.9 Å². The van der Waals surface area contributed by atoms with Crippen LogP contribution in [0.15, 0.2) is 59.0 Å². The molecule has 0 aliphatic heterocycles. The number of thiazole rings is 1. The van der Waals surface area contributed by atoms with E-state index in [0.717, 1.165) is 46.3 Å². The molecule has 3 aromatic rings. The van der Waals surface area contributed by atoms with E-state index < -0.39 is 0 Å². The van der Waals surface area contributed by atoms with Gasteiger partial charge in [-0.15, -0.1) is 11.3 Å². The number of rotatable bonds is 9. The largest absolute Gasteiger partial charge is 0.493 e. The predicted octanol–water partition coefficient (Wildman–Crippen LogP) is 5.44. The third-order valence-electron chi connectivity index (χ3n) is 3.89. The van der Waals surface area contributed by atoms with Gasteiger partial charge in [0.1, 0.15) is 0 Å². The van der Waals surface area contributed by atoms with E-state index >= 15 is 0 Å². The van der Waals surface area contributed by atoms with Gasteiger partial charge >= 0.3 is 0 Å². The van der Waals surface area contributed by atoms with Crippen molar-refractivity contribution in [3.05, 3.63) is 59.5 Å². The van der Waals surface area contributed by atoms with Gasteiger partial charge in [0.2, 0.25) is 5.13 Å². The molecule has 6 heteroatoms. The van der Waals surface area contributed by atoms with Crippen LogP contribution in [-0.4, -0.2) is 24.9 Å². The van der Waals surface area contributed by atoms with Crippen LogP contribution in [0, 0.1) is 0 Å². The SMILES string of the molecule is CCCCOc1cc(C=NNc2nc(-c3ccccc3)cs2)ccc1OC. The highest BCUT2D eigenvalue weighted by molar-refractivity contribution is 7.14. The van der Waals surface area contributed by atoms with Crippen molar-refractivity contribution >= 4 is 22.7 Å². The molecule has 0 atom stereocenters. The van der Waals surface area contributed by atoms with Crippen molar-refractivity contribution in [2.24, 2.45) is 5.10 Å². The molecule has 0 aliphatic carbocycles. The zero-order chi connectivity index (χ0) is 18.9. The van der Waals surface area contributed by atoms with Gasteiger partial charge in [0, 0.05) is 10.9 Å². The van der Waals surface area contributed by atoms with Gasteiger partial charge in [-0.2, -0.15) is 5.10 Å². The van der Waals surface area contributed by atoms with Crippen LogP contribution in [0.2, 0.25) is 0 Å². The molecule has 1 aromatic heterocycles. The van der Waals surface area contributed by atoms with Gasteiger partial charge in [-0.25, -0.2) is 4.98 Å². The van der Waals surface area contributed by atoms with Crippen molar-refractivity contribution in [1.29, 1.82) is 0 Å². The molecular weight excluding hydrogens is 358 g/mol. The summed E-state index contributed by atoms with van der Waals surface area (Å²) < 4.78 is 11.2. The molecule has 3 rings (SSSR count). The van der Waals surface area contributed by atoms with E-state index in [4.69, 9.17) is 9.47 Å². The molecule has 140 valence electrons. The molecule has 0 saturated carbocycles. The van der Waals surface area contributed by atoms with E-state index in [1.54, 1.807) is 13.3 Å². The van der Waals surface area contributed by atoms with Gasteiger partial charge in [0.25, 0.3) is 0 Å². The molecule has 0 unspecified atom stereocenters. The third-order valence-corrected chi connectivity index (χ3v) is 4.64. The number of anilines is 1. The Morgan fingerprint density at radius 3 is 2.78 bits per heavy atom. The van der Waals surface area contributed by atoms with Crippen molar-refractivity contribution in [2.45, 2.75) is 19.8 Å². The lowest BCUT2D eigenvalue weighted by Gasteiger charge is -2.10. The van der Waals surface area contributed by atoms with Crippen LogP contribution in [0.25, 0.3) is 11.3 Å². The van der Waals surface area contributed by atoms with Crippen LogP contribution < -0.4 is 14.9 Å². The summed E-state index contributed by atoms with van der Waals surface area (Å²) in [7, 11) is 1.64. The summed E-state index contributed by atoms with van der Waals surface area (Å²) in [5, 5.41) is 7.05. The maximum Gasteiger partial charge on any atom is 0.203 e. The normalized spacial score (nSPS) is 10.9. The molecule has 1 N–H and O–H groups in total. The Hall–Kier alpha value is -2.86. The van der Waals surface area contributed by atoms with Crippen molar-refractivity contribution in [3.63, 3.8) is 0 Å². The number of nitrogens with zero attached hydrogens (tertiary/aromatic N) is 2. The lowest BCUT2D eigenvalue weighted by Crippen LogP contribution is -2.00. The third kappa shape index (κ3) is 5.31. The summed E-state index contributed by atoms with van der Waals surface area (Å²) in [5.74, 6) is 1.46. The number of hydrogen-bond acceptors (Lipinski definition) is 6. The summed E-state index contributed by atoms with van der Waals surface area (Å²) in [6, 6.07) is 15.8. The van der Waals surface area contributed by atoms with Gasteiger partial charge in [-0.1, -0.05) is 43.7 Å². The molecule has 2 aromatic carbocycles. The number of hydrazone groups is 1. The summed E-state index contributed by atoms with van der Waals surface area (Å²) in [5.41, 5.74) is 5.95. The number of hydrogen-bond donors (Lipinski definition) is 1. The molecule has 0 radical (unpaired) electrons. The van der Waals surface area contributed by atoms with Gasteiger partial charge in [-0.3, -0.25) is 5.43 Å². The average molecular weight is 382 g/mol. The lowest BCUT2D eigenvalue weighted by molar-refractivity contribution is 0.288. The van der Waals surface area contributed by atoms with Gasteiger partial charge < -0.3 is 9.47 Å². The first kappa shape index (κ1) is 18.9. The second-order valence-corrected chi connectivity index (χ2v) is 6.74. The Morgan fingerprint density at radius 2 is 2.00 bits per heavy atom. The van der Waals surface area contributed by atoms with E-state index in [0.29, 0.717) is 6.61 Å². The van der Waals surface area contributed by atoms with Crippen molar-refractivity contribution in [2.75, 3.05) is 19.1 Å². The van der Waals surface area contributed by atoms with E-state index in [-0.39, 0.29) is 0 Å². The smallest absolute Gasteiger partial charge is 0.203 e. The summed E-state index contributed by atoms with van der Waals surface area (Å²) in [6.07, 6.45) is 3.85. The summed E-state index contributed by atoms with van der Waals surface area (Å²) in [6.45, 7) is 2.81. The Kier molecular flexibility index (Phi) is 6.82. The van der Waals surface area contributed by atoms with Gasteiger partial charge in [0.15, 0.2) is 11.5 Å². The van der Waals surface area contributed by atoms with Crippen LogP contribution in [0.3, 0.4) is 0 Å². The van der Waals surface area contributed by atoms with Crippen LogP contribution in [0.1, 0.15) is 25.3 Å². The first-order chi connectivity index (χ1) is 13.3. The highest BCUT2D eigenvalue weighted by Crippen LogP contribution is 2.28. The minimum Gasteiger partial charge on any atom is -0.493 e. The number of methoxy groups -OCH3 is 1. The molecule has 0 aliphatic rings. The fraction of sp³-hybridized carbons (Fsp3) is 0.238. The minimum absolute atomic E-state index is 0.674. The number of ether oxygens (including phenoxy) is 2. The quantitative estimate of drug-likeness (QED) is 0.304. The molecule has 27 heavy (non-hydrogen) atoms. The Morgan fingerprint density at radius 1 is 1.15 bits per heavy atom. The molecule has 0 amide bonds. The Labute approximate surface area is 163 Å². The maximum atomic E-state index is 5.81. The number of benzene rings is 2. The maximum absolute atomic E-state index is 5.81. The topological polar surface area (TPSA) is 55.7 Å². The van der Waals surface area contributed by atoms with Crippen molar-refractivity contribution in [1.82, 2.24) is 4.98 Å². The Bertz CT molecular complexity index is 878. The second-order valence-electron chi connectivity index (χ2n) is 5.89. The number of aromatic nitrogens is 1. The fourth-order valence-corrected chi connectivity index (χ4v) is 3.11. The minimum atomic E-state index is 0.674. The number of nitrogens with one attached hydrogen (secondary N) is 1. The monoisotopic (exact) mass is 381 g/mol.